The van der Waals surface area contributed by atoms with Crippen LogP contribution in [0.2, 0.25) is 0 Å². The first-order valence-corrected chi connectivity index (χ1v) is 8.85. The van der Waals surface area contributed by atoms with E-state index < -0.39 is 0 Å². The van der Waals surface area contributed by atoms with E-state index in [1.165, 1.54) is 0 Å². The number of amides is 2. The Balaban J connectivity index is 1.86. The predicted octanol–water partition coefficient (Wildman–Crippen LogP) is 3.20. The number of benzene rings is 2. The maximum atomic E-state index is 12.2. The second kappa shape index (κ2) is 9.61. The third kappa shape index (κ3) is 5.62. The van der Waals surface area contributed by atoms with E-state index >= 15 is 0 Å². The topological polar surface area (TPSA) is 67.4 Å². The van der Waals surface area contributed by atoms with Crippen molar-refractivity contribution in [2.24, 2.45) is 0 Å². The van der Waals surface area contributed by atoms with Crippen molar-refractivity contribution < 1.29 is 14.3 Å². The molecule has 26 heavy (non-hydrogen) atoms. The number of carbonyl (C=O) groups is 2. The molecule has 1 unspecified atom stereocenters. The van der Waals surface area contributed by atoms with E-state index in [0.29, 0.717) is 17.7 Å². The van der Waals surface area contributed by atoms with Crippen LogP contribution in [0.5, 0.6) is 5.75 Å². The van der Waals surface area contributed by atoms with Crippen LogP contribution in [0.15, 0.2) is 48.5 Å². The molecule has 0 aliphatic heterocycles. The first kappa shape index (κ1) is 19.5. The minimum Gasteiger partial charge on any atom is -0.497 e. The van der Waals surface area contributed by atoms with Crippen LogP contribution in [0.25, 0.3) is 0 Å². The minimum absolute atomic E-state index is 0.121. The van der Waals surface area contributed by atoms with Crippen molar-refractivity contribution in [1.29, 1.82) is 0 Å². The van der Waals surface area contributed by atoms with Crippen molar-refractivity contribution in [3.63, 3.8) is 0 Å². The van der Waals surface area contributed by atoms with Crippen LogP contribution >= 0.6 is 0 Å². The lowest BCUT2D eigenvalue weighted by molar-refractivity contribution is 0.0932. The number of nitrogens with one attached hydrogen (secondary N) is 2. The maximum Gasteiger partial charge on any atom is 0.251 e. The Morgan fingerprint density at radius 3 is 2.31 bits per heavy atom. The second-order valence-corrected chi connectivity index (χ2v) is 6.22. The van der Waals surface area contributed by atoms with Crippen LogP contribution in [0, 0.1) is 0 Å². The van der Waals surface area contributed by atoms with Gasteiger partial charge in [-0.3, -0.25) is 9.59 Å². The molecule has 5 heteroatoms. The number of ether oxygens (including phenoxy) is 1. The maximum absolute atomic E-state index is 12.2. The third-order valence-corrected chi connectivity index (χ3v) is 4.23. The van der Waals surface area contributed by atoms with Gasteiger partial charge >= 0.3 is 0 Å². The predicted molar refractivity (Wildman–Crippen MR) is 103 cm³/mol. The van der Waals surface area contributed by atoms with Crippen molar-refractivity contribution in [3.05, 3.63) is 65.2 Å². The summed E-state index contributed by atoms with van der Waals surface area (Å²) in [6, 6.07) is 14.6. The van der Waals surface area contributed by atoms with E-state index in [9.17, 15) is 9.59 Å². The van der Waals surface area contributed by atoms with E-state index in [2.05, 4.69) is 10.6 Å². The molecule has 0 aromatic heterocycles. The van der Waals surface area contributed by atoms with E-state index in [1.807, 2.05) is 38.1 Å². The Bertz CT molecular complexity index is 741. The van der Waals surface area contributed by atoms with Crippen LogP contribution in [-0.4, -0.2) is 31.5 Å². The van der Waals surface area contributed by atoms with Gasteiger partial charge in [0.1, 0.15) is 5.75 Å². The van der Waals surface area contributed by atoms with Crippen molar-refractivity contribution in [1.82, 2.24) is 10.6 Å². The number of hydrogen-bond donors (Lipinski definition) is 2. The van der Waals surface area contributed by atoms with Gasteiger partial charge in [-0.05, 0) is 61.7 Å². The molecule has 2 rings (SSSR count). The SMILES string of the molecule is CCC(C)NC(=O)c1ccc(C(=O)NCCc2cccc(OC)c2)cc1. The van der Waals surface area contributed by atoms with Crippen molar-refractivity contribution >= 4 is 11.8 Å². The van der Waals surface area contributed by atoms with Gasteiger partial charge in [0, 0.05) is 23.7 Å². The standard InChI is InChI=1S/C21H26N2O3/c1-4-15(2)23-21(25)18-10-8-17(9-11-18)20(24)22-13-12-16-6-5-7-19(14-16)26-3/h5-11,14-15H,4,12-13H2,1-3H3,(H,22,24)(H,23,25). The van der Waals surface area contributed by atoms with Crippen LogP contribution in [0.1, 0.15) is 46.5 Å². The number of carbonyl (C=O) groups excluding carboxylic acids is 2. The Kier molecular flexibility index (Phi) is 7.21. The highest BCUT2D eigenvalue weighted by Crippen LogP contribution is 2.12. The summed E-state index contributed by atoms with van der Waals surface area (Å²) in [5.74, 6) is 0.534. The lowest BCUT2D eigenvalue weighted by Crippen LogP contribution is -2.32. The zero-order valence-electron chi connectivity index (χ0n) is 15.5. The van der Waals surface area contributed by atoms with E-state index in [4.69, 9.17) is 4.74 Å². The molecule has 1 atom stereocenters. The molecule has 2 amide bonds. The molecule has 0 saturated heterocycles. The Morgan fingerprint density at radius 2 is 1.69 bits per heavy atom. The van der Waals surface area contributed by atoms with Gasteiger partial charge in [-0.1, -0.05) is 19.1 Å². The summed E-state index contributed by atoms with van der Waals surface area (Å²) < 4.78 is 5.19. The van der Waals surface area contributed by atoms with Gasteiger partial charge in [-0.15, -0.1) is 0 Å². The Morgan fingerprint density at radius 1 is 1.04 bits per heavy atom. The van der Waals surface area contributed by atoms with Crippen molar-refractivity contribution in [2.45, 2.75) is 32.7 Å². The summed E-state index contributed by atoms with van der Waals surface area (Å²) >= 11 is 0. The number of rotatable bonds is 8. The Hall–Kier alpha value is -2.82. The summed E-state index contributed by atoms with van der Waals surface area (Å²) in [6.45, 7) is 4.51. The molecule has 0 saturated carbocycles. The zero-order chi connectivity index (χ0) is 18.9. The first-order chi connectivity index (χ1) is 12.5. The molecule has 2 aromatic carbocycles. The molecule has 2 aromatic rings. The van der Waals surface area contributed by atoms with E-state index in [0.717, 1.165) is 24.2 Å². The summed E-state index contributed by atoms with van der Waals surface area (Å²) in [6.07, 6.45) is 1.60. The summed E-state index contributed by atoms with van der Waals surface area (Å²) in [7, 11) is 1.63. The average Bonchev–Trinajstić information content (AvgIpc) is 2.68. The van der Waals surface area contributed by atoms with Gasteiger partial charge in [0.25, 0.3) is 11.8 Å². The second-order valence-electron chi connectivity index (χ2n) is 6.22. The molecule has 0 spiro atoms. The molecule has 0 aliphatic rings. The monoisotopic (exact) mass is 354 g/mol. The van der Waals surface area contributed by atoms with Crippen LogP contribution in [-0.2, 0) is 6.42 Å². The lowest BCUT2D eigenvalue weighted by Gasteiger charge is -2.11. The van der Waals surface area contributed by atoms with Crippen LogP contribution < -0.4 is 15.4 Å². The first-order valence-electron chi connectivity index (χ1n) is 8.85. The van der Waals surface area contributed by atoms with Crippen LogP contribution in [0.4, 0.5) is 0 Å². The normalized spacial score (nSPS) is 11.5. The van der Waals surface area contributed by atoms with Crippen molar-refractivity contribution in [3.8, 4) is 5.75 Å². The summed E-state index contributed by atoms with van der Waals surface area (Å²) in [4.78, 5) is 24.3. The van der Waals surface area contributed by atoms with Gasteiger partial charge in [0.2, 0.25) is 0 Å². The van der Waals surface area contributed by atoms with Gasteiger partial charge in [0.15, 0.2) is 0 Å². The molecule has 0 fully saturated rings. The highest BCUT2D eigenvalue weighted by atomic mass is 16.5. The Labute approximate surface area is 154 Å². The molecule has 0 radical (unpaired) electrons. The third-order valence-electron chi connectivity index (χ3n) is 4.23. The summed E-state index contributed by atoms with van der Waals surface area (Å²) in [5, 5.41) is 5.80. The lowest BCUT2D eigenvalue weighted by atomic mass is 10.1. The van der Waals surface area contributed by atoms with Crippen molar-refractivity contribution in [2.75, 3.05) is 13.7 Å². The highest BCUT2D eigenvalue weighted by Gasteiger charge is 2.10. The van der Waals surface area contributed by atoms with Gasteiger partial charge in [0.05, 0.1) is 7.11 Å². The zero-order valence-corrected chi connectivity index (χ0v) is 15.5. The molecular weight excluding hydrogens is 328 g/mol. The van der Waals surface area contributed by atoms with Gasteiger partial charge < -0.3 is 15.4 Å². The molecule has 2 N–H and O–H groups in total. The molecule has 5 nitrogen and oxygen atoms in total. The molecule has 0 bridgehead atoms. The smallest absolute Gasteiger partial charge is 0.251 e. The molecule has 138 valence electrons. The fourth-order valence-electron chi connectivity index (χ4n) is 2.43. The number of hydrogen-bond acceptors (Lipinski definition) is 3. The van der Waals surface area contributed by atoms with E-state index in [1.54, 1.807) is 31.4 Å². The largest absolute Gasteiger partial charge is 0.497 e. The van der Waals surface area contributed by atoms with Crippen LogP contribution in [0.3, 0.4) is 0 Å². The van der Waals surface area contributed by atoms with E-state index in [-0.39, 0.29) is 17.9 Å². The highest BCUT2D eigenvalue weighted by molar-refractivity contribution is 5.97. The fraction of sp³-hybridized carbons (Fsp3) is 0.333. The fourth-order valence-corrected chi connectivity index (χ4v) is 2.43. The molecule has 0 aliphatic carbocycles. The van der Waals surface area contributed by atoms with Gasteiger partial charge in [-0.2, -0.15) is 0 Å². The van der Waals surface area contributed by atoms with Gasteiger partial charge in [-0.25, -0.2) is 0 Å². The quantitative estimate of drug-likeness (QED) is 0.765. The summed E-state index contributed by atoms with van der Waals surface area (Å²) in [5.41, 5.74) is 2.19. The molecule has 0 heterocycles. The number of methoxy groups -OCH3 is 1. The molecular formula is C21H26N2O3. The minimum atomic E-state index is -0.151. The average molecular weight is 354 g/mol.